The molecular weight excluding hydrogens is 434 g/mol. The molecule has 0 aliphatic carbocycles. The molecule has 7 nitrogen and oxygen atoms in total. The van der Waals surface area contributed by atoms with Crippen molar-refractivity contribution in [3.63, 3.8) is 0 Å². The van der Waals surface area contributed by atoms with Crippen LogP contribution in [0.3, 0.4) is 0 Å². The van der Waals surface area contributed by atoms with Crippen LogP contribution in [-0.4, -0.2) is 25.3 Å². The van der Waals surface area contributed by atoms with E-state index in [4.69, 9.17) is 9.88 Å². The highest BCUT2D eigenvalue weighted by Gasteiger charge is 2.09. The van der Waals surface area contributed by atoms with E-state index in [0.29, 0.717) is 22.0 Å². The summed E-state index contributed by atoms with van der Waals surface area (Å²) in [5.74, 6) is 0.684. The van der Waals surface area contributed by atoms with E-state index in [0.717, 1.165) is 10.0 Å². The van der Waals surface area contributed by atoms with Crippen molar-refractivity contribution in [2.45, 2.75) is 4.90 Å². The number of aromatic nitrogens is 2. The predicted octanol–water partition coefficient (Wildman–Crippen LogP) is 0.823. The first kappa shape index (κ1) is 19.2. The third-order valence-electron chi connectivity index (χ3n) is 3.92. The van der Waals surface area contributed by atoms with Crippen LogP contribution in [0.25, 0.3) is 18.3 Å². The largest absolute Gasteiger partial charge is 0.496 e. The predicted molar refractivity (Wildman–Crippen MR) is 107 cm³/mol. The lowest BCUT2D eigenvalue weighted by Crippen LogP contribution is -2.33. The number of benzene rings is 2. The second-order valence-electron chi connectivity index (χ2n) is 5.72. The summed E-state index contributed by atoms with van der Waals surface area (Å²) in [7, 11) is -2.22. The molecule has 27 heavy (non-hydrogen) atoms. The van der Waals surface area contributed by atoms with E-state index < -0.39 is 10.0 Å². The van der Waals surface area contributed by atoms with Gasteiger partial charge in [0.2, 0.25) is 10.0 Å². The topological polar surface area (TPSA) is 107 Å². The highest BCUT2D eigenvalue weighted by Crippen LogP contribution is 2.25. The number of H-pyrrole nitrogens is 1. The van der Waals surface area contributed by atoms with Gasteiger partial charge in [-0.1, -0.05) is 12.6 Å². The molecular formula is C18H16BrN3O4S. The molecule has 9 heteroatoms. The normalized spacial score (nSPS) is 12.3. The first-order chi connectivity index (χ1) is 12.7. The lowest BCUT2D eigenvalue weighted by molar-refractivity contribution is 0.412. The Kier molecular flexibility index (Phi) is 5.09. The number of nitrogens with zero attached hydrogens (tertiary/aromatic N) is 1. The van der Waals surface area contributed by atoms with Crippen LogP contribution in [0.1, 0.15) is 5.56 Å². The SMILES string of the molecule is C=c1[nH]n(-c2ccc(S(N)(=O)=O)cc2)c(=O)/c1=C\c1ccc(OC)c(Br)c1. The monoisotopic (exact) mass is 449 g/mol. The van der Waals surface area contributed by atoms with Gasteiger partial charge in [0.25, 0.3) is 5.56 Å². The molecule has 0 bridgehead atoms. The maximum absolute atomic E-state index is 12.8. The van der Waals surface area contributed by atoms with Gasteiger partial charge in [-0.2, -0.15) is 0 Å². The van der Waals surface area contributed by atoms with Crippen LogP contribution in [0.5, 0.6) is 5.75 Å². The van der Waals surface area contributed by atoms with Gasteiger partial charge in [-0.25, -0.2) is 18.2 Å². The van der Waals surface area contributed by atoms with Gasteiger partial charge in [-0.05, 0) is 64.0 Å². The van der Waals surface area contributed by atoms with Gasteiger partial charge in [0.1, 0.15) is 5.75 Å². The van der Waals surface area contributed by atoms with Crippen molar-refractivity contribution >= 4 is 38.6 Å². The fraction of sp³-hybridized carbons (Fsp3) is 0.0556. The minimum atomic E-state index is -3.80. The van der Waals surface area contributed by atoms with Crippen LogP contribution < -0.4 is 26.0 Å². The third kappa shape index (κ3) is 3.90. The fourth-order valence-electron chi connectivity index (χ4n) is 2.55. The number of hydrogen-bond acceptors (Lipinski definition) is 4. The van der Waals surface area contributed by atoms with E-state index in [9.17, 15) is 13.2 Å². The van der Waals surface area contributed by atoms with E-state index >= 15 is 0 Å². The maximum atomic E-state index is 12.8. The number of halogens is 1. The molecule has 0 saturated carbocycles. The lowest BCUT2D eigenvalue weighted by Gasteiger charge is -2.03. The first-order valence-electron chi connectivity index (χ1n) is 7.69. The zero-order chi connectivity index (χ0) is 19.8. The molecule has 3 N–H and O–H groups in total. The molecule has 0 saturated heterocycles. The number of ether oxygens (including phenoxy) is 1. The molecule has 0 fully saturated rings. The highest BCUT2D eigenvalue weighted by molar-refractivity contribution is 9.10. The molecule has 3 aromatic rings. The average molecular weight is 450 g/mol. The number of rotatable bonds is 4. The van der Waals surface area contributed by atoms with Crippen molar-refractivity contribution < 1.29 is 13.2 Å². The Labute approximate surface area is 163 Å². The summed E-state index contributed by atoms with van der Waals surface area (Å²) in [5.41, 5.74) is 0.948. The van der Waals surface area contributed by atoms with Gasteiger partial charge in [-0.3, -0.25) is 9.89 Å². The molecule has 0 aliphatic heterocycles. The van der Waals surface area contributed by atoms with Crippen LogP contribution >= 0.6 is 15.9 Å². The van der Waals surface area contributed by atoms with Gasteiger partial charge >= 0.3 is 0 Å². The summed E-state index contributed by atoms with van der Waals surface area (Å²) >= 11 is 3.41. The van der Waals surface area contributed by atoms with E-state index in [1.807, 2.05) is 12.1 Å². The van der Waals surface area contributed by atoms with Crippen molar-refractivity contribution in [2.75, 3.05) is 7.11 Å². The summed E-state index contributed by atoms with van der Waals surface area (Å²) in [4.78, 5) is 12.7. The second-order valence-corrected chi connectivity index (χ2v) is 8.14. The minimum Gasteiger partial charge on any atom is -0.496 e. The van der Waals surface area contributed by atoms with Gasteiger partial charge in [-0.15, -0.1) is 0 Å². The number of hydrogen-bond donors (Lipinski definition) is 2. The molecule has 0 unspecified atom stereocenters. The van der Waals surface area contributed by atoms with Crippen LogP contribution in [0.4, 0.5) is 0 Å². The smallest absolute Gasteiger partial charge is 0.279 e. The molecule has 3 rings (SSSR count). The van der Waals surface area contributed by atoms with E-state index in [1.165, 1.54) is 28.9 Å². The maximum Gasteiger partial charge on any atom is 0.279 e. The van der Waals surface area contributed by atoms with Crippen molar-refractivity contribution in [2.24, 2.45) is 5.14 Å². The number of methoxy groups -OCH3 is 1. The quantitative estimate of drug-likeness (QED) is 0.614. The van der Waals surface area contributed by atoms with Gasteiger partial charge in [0.15, 0.2) is 0 Å². The highest BCUT2D eigenvalue weighted by atomic mass is 79.9. The van der Waals surface area contributed by atoms with Crippen LogP contribution in [0, 0.1) is 0 Å². The molecule has 0 radical (unpaired) electrons. The molecule has 2 aromatic carbocycles. The Hall–Kier alpha value is -2.62. The summed E-state index contributed by atoms with van der Waals surface area (Å²) in [5, 5.41) is 8.80. The lowest BCUT2D eigenvalue weighted by atomic mass is 10.2. The average Bonchev–Trinajstić information content (AvgIpc) is 2.89. The molecule has 0 spiro atoms. The number of sulfonamides is 1. The van der Waals surface area contributed by atoms with Crippen molar-refractivity contribution in [1.29, 1.82) is 0 Å². The molecule has 1 aromatic heterocycles. The van der Waals surface area contributed by atoms with Crippen molar-refractivity contribution in [1.82, 2.24) is 9.78 Å². The standard InChI is InChI=1S/C18H16BrN3O4S/c1-11-15(9-12-3-8-17(26-2)16(19)10-12)18(23)22(21-11)13-4-6-14(7-5-13)27(20,24)25/h3-10,21H,1H2,2H3,(H2,20,24,25)/b15-9-. The van der Waals surface area contributed by atoms with Gasteiger partial charge in [0, 0.05) is 0 Å². The Bertz CT molecular complexity index is 1280. The van der Waals surface area contributed by atoms with Crippen LogP contribution in [0.2, 0.25) is 0 Å². The second kappa shape index (κ2) is 7.18. The Balaban J connectivity index is 2.09. The molecule has 0 amide bonds. The zero-order valence-electron chi connectivity index (χ0n) is 14.3. The van der Waals surface area contributed by atoms with Crippen LogP contribution in [-0.2, 0) is 10.0 Å². The summed E-state index contributed by atoms with van der Waals surface area (Å²) in [6, 6.07) is 11.1. The van der Waals surface area contributed by atoms with Crippen molar-refractivity contribution in [3.05, 3.63) is 73.4 Å². The minimum absolute atomic E-state index is 0.0319. The molecule has 1 heterocycles. The Morgan fingerprint density at radius 2 is 1.89 bits per heavy atom. The summed E-state index contributed by atoms with van der Waals surface area (Å²) in [6.07, 6.45) is 1.71. The molecule has 0 aliphatic rings. The Morgan fingerprint density at radius 1 is 1.22 bits per heavy atom. The van der Waals surface area contributed by atoms with E-state index in [-0.39, 0.29) is 10.5 Å². The third-order valence-corrected chi connectivity index (χ3v) is 5.46. The number of aromatic amines is 1. The number of nitrogens with one attached hydrogen (secondary N) is 1. The van der Waals surface area contributed by atoms with E-state index in [2.05, 4.69) is 27.6 Å². The zero-order valence-corrected chi connectivity index (χ0v) is 16.7. The number of nitrogens with two attached hydrogens (primary N) is 1. The van der Waals surface area contributed by atoms with E-state index in [1.54, 1.807) is 19.3 Å². The summed E-state index contributed by atoms with van der Waals surface area (Å²) < 4.78 is 30.0. The fourth-order valence-corrected chi connectivity index (χ4v) is 3.62. The molecule has 140 valence electrons. The van der Waals surface area contributed by atoms with Crippen molar-refractivity contribution in [3.8, 4) is 11.4 Å². The first-order valence-corrected chi connectivity index (χ1v) is 10.0. The molecule has 0 atom stereocenters. The number of primary sulfonamides is 1. The Morgan fingerprint density at radius 3 is 2.44 bits per heavy atom. The van der Waals surface area contributed by atoms with Crippen LogP contribution in [0.15, 0.2) is 56.6 Å². The van der Waals surface area contributed by atoms with Gasteiger partial charge in [0.05, 0.1) is 32.7 Å². The van der Waals surface area contributed by atoms with Gasteiger partial charge < -0.3 is 4.74 Å². The summed E-state index contributed by atoms with van der Waals surface area (Å²) in [6.45, 7) is 3.88.